The molecule has 0 aliphatic rings. The van der Waals surface area contributed by atoms with Gasteiger partial charge in [0.25, 0.3) is 0 Å². The summed E-state index contributed by atoms with van der Waals surface area (Å²) in [6.45, 7) is 12.5. The van der Waals surface area contributed by atoms with Gasteiger partial charge in [-0.2, -0.15) is 0 Å². The predicted octanol–water partition coefficient (Wildman–Crippen LogP) is 2.43. The monoisotopic (exact) mass is 403 g/mol. The Hall–Kier alpha value is -2.84. The lowest BCUT2D eigenvalue weighted by Gasteiger charge is -2.27. The predicted molar refractivity (Wildman–Crippen MR) is 114 cm³/mol. The third kappa shape index (κ3) is 7.24. The number of rotatable bonds is 8. The first kappa shape index (κ1) is 22.4. The lowest BCUT2D eigenvalue weighted by molar-refractivity contribution is 0.0253. The summed E-state index contributed by atoms with van der Waals surface area (Å²) in [6.07, 6.45) is 2.50. The molecule has 0 saturated carbocycles. The van der Waals surface area contributed by atoms with E-state index in [9.17, 15) is 4.79 Å². The van der Waals surface area contributed by atoms with Gasteiger partial charge in [0.2, 0.25) is 0 Å². The average molecular weight is 404 g/mol. The van der Waals surface area contributed by atoms with Crippen molar-refractivity contribution >= 4 is 17.7 Å². The molecule has 0 aliphatic carbocycles. The van der Waals surface area contributed by atoms with E-state index in [1.54, 1.807) is 4.90 Å². The number of hydrogen-bond acceptors (Lipinski definition) is 5. The van der Waals surface area contributed by atoms with Gasteiger partial charge in [-0.05, 0) is 46.2 Å². The maximum Gasteiger partial charge on any atom is 0.410 e. The van der Waals surface area contributed by atoms with E-state index < -0.39 is 5.60 Å². The van der Waals surface area contributed by atoms with E-state index in [2.05, 4.69) is 25.8 Å². The summed E-state index contributed by atoms with van der Waals surface area (Å²) >= 11 is 0. The van der Waals surface area contributed by atoms with Crippen LogP contribution >= 0.6 is 0 Å². The number of nitrogens with zero attached hydrogens (tertiary/aromatic N) is 5. The van der Waals surface area contributed by atoms with Gasteiger partial charge in [0.1, 0.15) is 12.1 Å². The molecule has 2 N–H and O–H groups in total. The summed E-state index contributed by atoms with van der Waals surface area (Å²) in [5, 5.41) is 14.8. The minimum absolute atomic E-state index is 0.294. The summed E-state index contributed by atoms with van der Waals surface area (Å²) in [7, 11) is 0. The number of fused-ring (bicyclic) bond motifs is 1. The molecule has 9 nitrogen and oxygen atoms in total. The van der Waals surface area contributed by atoms with Crippen LogP contribution in [0.25, 0.3) is 5.65 Å². The molecule has 2 heterocycles. The summed E-state index contributed by atoms with van der Waals surface area (Å²) in [5.41, 5.74) is 0.289. The van der Waals surface area contributed by atoms with E-state index >= 15 is 0 Å². The standard InChI is InChI=1S/C20H33N7O2/c1-6-12-26(19(28)29-20(3,4)5)14-11-22-18(21-7-2)23-15-17-25-24-16-10-8-9-13-27(16)17/h8-10,13H,6-7,11-12,14-15H2,1-5H3,(H2,21,22,23). The van der Waals surface area contributed by atoms with Crippen molar-refractivity contribution in [3.05, 3.63) is 30.2 Å². The van der Waals surface area contributed by atoms with E-state index in [1.807, 2.05) is 63.4 Å². The molecule has 0 radical (unpaired) electrons. The number of aliphatic imine (C=N–C) groups is 1. The Morgan fingerprint density at radius 1 is 1.21 bits per heavy atom. The van der Waals surface area contributed by atoms with E-state index in [-0.39, 0.29) is 6.09 Å². The van der Waals surface area contributed by atoms with Crippen LogP contribution in [-0.2, 0) is 11.3 Å². The first-order valence-electron chi connectivity index (χ1n) is 10.1. The highest BCUT2D eigenvalue weighted by Gasteiger charge is 2.21. The summed E-state index contributed by atoms with van der Waals surface area (Å²) in [4.78, 5) is 18.7. The van der Waals surface area contributed by atoms with Crippen LogP contribution in [-0.4, -0.2) is 63.3 Å². The SMILES string of the molecule is CCCN(CCNC(=NCc1nnc2ccccn12)NCC)C(=O)OC(C)(C)C. The third-order valence-electron chi connectivity index (χ3n) is 3.93. The average Bonchev–Trinajstić information content (AvgIpc) is 3.07. The van der Waals surface area contributed by atoms with Gasteiger partial charge in [-0.25, -0.2) is 9.79 Å². The Morgan fingerprint density at radius 3 is 2.69 bits per heavy atom. The summed E-state index contributed by atoms with van der Waals surface area (Å²) in [5.74, 6) is 1.43. The van der Waals surface area contributed by atoms with Crippen molar-refractivity contribution in [2.75, 3.05) is 26.2 Å². The molecule has 2 aromatic rings. The molecule has 1 amide bonds. The number of hydrogen-bond donors (Lipinski definition) is 2. The second-order valence-electron chi connectivity index (χ2n) is 7.63. The van der Waals surface area contributed by atoms with Gasteiger partial charge in [-0.1, -0.05) is 13.0 Å². The Bertz CT molecular complexity index is 811. The lowest BCUT2D eigenvalue weighted by atomic mass is 10.2. The highest BCUT2D eigenvalue weighted by molar-refractivity contribution is 5.79. The second kappa shape index (κ2) is 10.6. The Labute approximate surface area is 172 Å². The first-order chi connectivity index (χ1) is 13.8. The molecule has 29 heavy (non-hydrogen) atoms. The third-order valence-corrected chi connectivity index (χ3v) is 3.93. The molecule has 9 heteroatoms. The van der Waals surface area contributed by atoms with Gasteiger partial charge in [0.15, 0.2) is 17.4 Å². The Morgan fingerprint density at radius 2 is 2.00 bits per heavy atom. The van der Waals surface area contributed by atoms with Crippen molar-refractivity contribution in [1.29, 1.82) is 0 Å². The fourth-order valence-electron chi connectivity index (χ4n) is 2.69. The minimum atomic E-state index is -0.506. The van der Waals surface area contributed by atoms with Crippen LogP contribution in [0.15, 0.2) is 29.4 Å². The molecule has 0 bridgehead atoms. The van der Waals surface area contributed by atoms with Gasteiger partial charge >= 0.3 is 6.09 Å². The van der Waals surface area contributed by atoms with Gasteiger partial charge in [0, 0.05) is 32.4 Å². The molecule has 0 aliphatic heterocycles. The zero-order valence-corrected chi connectivity index (χ0v) is 18.1. The molecule has 0 saturated heterocycles. The second-order valence-corrected chi connectivity index (χ2v) is 7.63. The highest BCUT2D eigenvalue weighted by Crippen LogP contribution is 2.10. The fraction of sp³-hybridized carbons (Fsp3) is 0.600. The molecule has 160 valence electrons. The van der Waals surface area contributed by atoms with Crippen LogP contribution in [0, 0.1) is 0 Å². The quantitative estimate of drug-likeness (QED) is 0.519. The zero-order chi connectivity index (χ0) is 21.3. The Kier molecular flexibility index (Phi) is 8.23. The van der Waals surface area contributed by atoms with Gasteiger partial charge in [-0.15, -0.1) is 10.2 Å². The van der Waals surface area contributed by atoms with Crippen LogP contribution in [0.2, 0.25) is 0 Å². The van der Waals surface area contributed by atoms with E-state index in [0.717, 1.165) is 24.4 Å². The number of amides is 1. The molecule has 0 unspecified atom stereocenters. The molecular weight excluding hydrogens is 370 g/mol. The number of ether oxygens (including phenoxy) is 1. The minimum Gasteiger partial charge on any atom is -0.444 e. The molecule has 2 rings (SSSR count). The summed E-state index contributed by atoms with van der Waals surface area (Å²) < 4.78 is 7.41. The van der Waals surface area contributed by atoms with Crippen molar-refractivity contribution in [3.63, 3.8) is 0 Å². The highest BCUT2D eigenvalue weighted by atomic mass is 16.6. The van der Waals surface area contributed by atoms with Crippen LogP contribution in [0.4, 0.5) is 4.79 Å². The van der Waals surface area contributed by atoms with Crippen molar-refractivity contribution in [2.24, 2.45) is 4.99 Å². The van der Waals surface area contributed by atoms with Gasteiger partial charge in [0.05, 0.1) is 0 Å². The van der Waals surface area contributed by atoms with Crippen molar-refractivity contribution in [3.8, 4) is 0 Å². The Balaban J connectivity index is 1.95. The number of pyridine rings is 1. The molecule has 0 aromatic carbocycles. The van der Waals surface area contributed by atoms with Crippen molar-refractivity contribution in [1.82, 2.24) is 30.1 Å². The largest absolute Gasteiger partial charge is 0.444 e. The number of guanidine groups is 1. The maximum absolute atomic E-state index is 12.4. The molecule has 0 spiro atoms. The van der Waals surface area contributed by atoms with Crippen LogP contribution in [0.1, 0.15) is 46.9 Å². The number of carbonyl (C=O) groups is 1. The normalized spacial score (nSPS) is 12.1. The fourth-order valence-corrected chi connectivity index (χ4v) is 2.69. The topological polar surface area (TPSA) is 96.1 Å². The molecule has 2 aromatic heterocycles. The maximum atomic E-state index is 12.4. The van der Waals surface area contributed by atoms with Gasteiger partial charge in [-0.3, -0.25) is 4.40 Å². The lowest BCUT2D eigenvalue weighted by Crippen LogP contribution is -2.44. The van der Waals surface area contributed by atoms with E-state index in [0.29, 0.717) is 32.1 Å². The van der Waals surface area contributed by atoms with Crippen molar-refractivity contribution in [2.45, 2.75) is 53.2 Å². The van der Waals surface area contributed by atoms with Crippen molar-refractivity contribution < 1.29 is 9.53 Å². The number of carbonyl (C=O) groups excluding carboxylic acids is 1. The summed E-state index contributed by atoms with van der Waals surface area (Å²) in [6, 6.07) is 5.77. The number of nitrogens with one attached hydrogen (secondary N) is 2. The van der Waals surface area contributed by atoms with E-state index in [1.165, 1.54) is 0 Å². The molecule has 0 fully saturated rings. The van der Waals surface area contributed by atoms with Gasteiger partial charge < -0.3 is 20.3 Å². The van der Waals surface area contributed by atoms with Crippen LogP contribution in [0.5, 0.6) is 0 Å². The smallest absolute Gasteiger partial charge is 0.410 e. The first-order valence-corrected chi connectivity index (χ1v) is 10.1. The van der Waals surface area contributed by atoms with Crippen LogP contribution < -0.4 is 10.6 Å². The molecular formula is C20H33N7O2. The number of aromatic nitrogens is 3. The van der Waals surface area contributed by atoms with Crippen LogP contribution in [0.3, 0.4) is 0 Å². The molecule has 0 atom stereocenters. The zero-order valence-electron chi connectivity index (χ0n) is 18.1. The van der Waals surface area contributed by atoms with E-state index in [4.69, 9.17) is 4.74 Å².